The van der Waals surface area contributed by atoms with Crippen molar-refractivity contribution in [2.24, 2.45) is 5.92 Å². The molecule has 1 aliphatic rings. The Morgan fingerprint density at radius 3 is 2.00 bits per heavy atom. The lowest BCUT2D eigenvalue weighted by molar-refractivity contribution is 0.353. The van der Waals surface area contributed by atoms with Crippen LogP contribution in [0.15, 0.2) is 35.9 Å². The number of benzene rings is 2. The number of alkyl halides is 1. The van der Waals surface area contributed by atoms with Gasteiger partial charge in [0.05, 0.1) is 28.4 Å². The summed E-state index contributed by atoms with van der Waals surface area (Å²) in [7, 11) is 6.65. The Morgan fingerprint density at radius 2 is 1.41 bits per heavy atom. The molecular weight excluding hydrogens is 408 g/mol. The number of ether oxygens (including phenoxy) is 4. The van der Waals surface area contributed by atoms with E-state index in [2.05, 4.69) is 53.2 Å². The topological polar surface area (TPSA) is 36.9 Å². The predicted octanol–water partition coefficient (Wildman–Crippen LogP) is 5.28. The zero-order chi connectivity index (χ0) is 19.6. The second kappa shape index (κ2) is 8.26. The standard InChI is InChI=1S/C22H25BrO4/c1-13-8-15-10-20(26-4)21(27-5)11-16(15)22(17(13)12-23)14-6-7-18(24-2)19(9-14)25-3/h6-11,17,22H,12H2,1-5H3/t17-,22-/m1/s1. The summed E-state index contributed by atoms with van der Waals surface area (Å²) in [5.41, 5.74) is 4.88. The van der Waals surface area contributed by atoms with Crippen molar-refractivity contribution in [3.63, 3.8) is 0 Å². The first-order valence-electron chi connectivity index (χ1n) is 8.79. The summed E-state index contributed by atoms with van der Waals surface area (Å²) >= 11 is 3.72. The van der Waals surface area contributed by atoms with Crippen molar-refractivity contribution >= 4 is 22.0 Å². The third-order valence-corrected chi connectivity index (χ3v) is 5.93. The molecule has 0 N–H and O–H groups in total. The molecule has 27 heavy (non-hydrogen) atoms. The van der Waals surface area contributed by atoms with E-state index in [-0.39, 0.29) is 5.92 Å². The van der Waals surface area contributed by atoms with Crippen LogP contribution < -0.4 is 18.9 Å². The highest BCUT2D eigenvalue weighted by Gasteiger charge is 2.32. The number of rotatable bonds is 6. The Kier molecular flexibility index (Phi) is 6.00. The summed E-state index contributed by atoms with van der Waals surface area (Å²) in [5.74, 6) is 3.44. The molecule has 0 unspecified atom stereocenters. The van der Waals surface area contributed by atoms with Crippen LogP contribution in [0.25, 0.3) is 6.08 Å². The Hall–Kier alpha value is -2.14. The molecule has 0 saturated heterocycles. The smallest absolute Gasteiger partial charge is 0.161 e. The lowest BCUT2D eigenvalue weighted by atomic mass is 9.72. The molecule has 0 fully saturated rings. The summed E-state index contributed by atoms with van der Waals surface area (Å²) in [4.78, 5) is 0. The van der Waals surface area contributed by atoms with Gasteiger partial charge in [-0.05, 0) is 47.9 Å². The molecule has 5 heteroatoms. The van der Waals surface area contributed by atoms with E-state index in [0.717, 1.165) is 33.9 Å². The van der Waals surface area contributed by atoms with Crippen molar-refractivity contribution < 1.29 is 18.9 Å². The maximum absolute atomic E-state index is 5.56. The minimum Gasteiger partial charge on any atom is -0.493 e. The molecule has 0 aromatic heterocycles. The van der Waals surface area contributed by atoms with E-state index >= 15 is 0 Å². The molecule has 1 aliphatic carbocycles. The van der Waals surface area contributed by atoms with E-state index < -0.39 is 0 Å². The summed E-state index contributed by atoms with van der Waals surface area (Å²) < 4.78 is 22.0. The van der Waals surface area contributed by atoms with Crippen LogP contribution >= 0.6 is 15.9 Å². The average molecular weight is 433 g/mol. The van der Waals surface area contributed by atoms with Crippen LogP contribution in [-0.4, -0.2) is 33.8 Å². The third-order valence-electron chi connectivity index (χ3n) is 5.23. The van der Waals surface area contributed by atoms with Gasteiger partial charge < -0.3 is 18.9 Å². The van der Waals surface area contributed by atoms with Gasteiger partial charge in [0.25, 0.3) is 0 Å². The monoisotopic (exact) mass is 432 g/mol. The van der Waals surface area contributed by atoms with Gasteiger partial charge in [0, 0.05) is 17.2 Å². The van der Waals surface area contributed by atoms with Gasteiger partial charge in [0.15, 0.2) is 23.0 Å². The molecule has 0 aliphatic heterocycles. The molecule has 0 amide bonds. The van der Waals surface area contributed by atoms with E-state index in [1.54, 1.807) is 28.4 Å². The number of hydrogen-bond donors (Lipinski definition) is 0. The first-order chi connectivity index (χ1) is 13.1. The van der Waals surface area contributed by atoms with Crippen LogP contribution in [0, 0.1) is 5.92 Å². The van der Waals surface area contributed by atoms with Crippen molar-refractivity contribution in [2.45, 2.75) is 12.8 Å². The highest BCUT2D eigenvalue weighted by molar-refractivity contribution is 9.09. The quantitative estimate of drug-likeness (QED) is 0.581. The molecule has 2 aromatic rings. The summed E-state index contributed by atoms with van der Waals surface area (Å²) in [5, 5.41) is 0.863. The Labute approximate surface area is 169 Å². The van der Waals surface area contributed by atoms with Gasteiger partial charge in [0.1, 0.15) is 0 Å². The summed E-state index contributed by atoms with van der Waals surface area (Å²) in [6.45, 7) is 2.18. The molecule has 3 rings (SSSR count). The van der Waals surface area contributed by atoms with Crippen LogP contribution in [0.5, 0.6) is 23.0 Å². The van der Waals surface area contributed by atoms with Crippen molar-refractivity contribution in [1.82, 2.24) is 0 Å². The number of fused-ring (bicyclic) bond motifs is 1. The molecule has 0 saturated carbocycles. The van der Waals surface area contributed by atoms with Gasteiger partial charge in [-0.3, -0.25) is 0 Å². The van der Waals surface area contributed by atoms with Crippen LogP contribution in [0.2, 0.25) is 0 Å². The van der Waals surface area contributed by atoms with Gasteiger partial charge in [-0.25, -0.2) is 0 Å². The molecule has 0 heterocycles. The molecule has 0 bridgehead atoms. The van der Waals surface area contributed by atoms with Crippen LogP contribution in [0.4, 0.5) is 0 Å². The maximum atomic E-state index is 5.56. The largest absolute Gasteiger partial charge is 0.493 e. The zero-order valence-corrected chi connectivity index (χ0v) is 17.9. The first kappa shape index (κ1) is 19.6. The van der Waals surface area contributed by atoms with Crippen molar-refractivity contribution in [2.75, 3.05) is 33.8 Å². The second-order valence-electron chi connectivity index (χ2n) is 6.58. The van der Waals surface area contributed by atoms with Crippen LogP contribution in [0.3, 0.4) is 0 Å². The minimum atomic E-state index is 0.170. The number of methoxy groups -OCH3 is 4. The van der Waals surface area contributed by atoms with Crippen molar-refractivity contribution in [1.29, 1.82) is 0 Å². The van der Waals surface area contributed by atoms with E-state index in [1.807, 2.05) is 6.07 Å². The molecule has 2 aromatic carbocycles. The number of allylic oxidation sites excluding steroid dienone is 1. The Morgan fingerprint density at radius 1 is 0.815 bits per heavy atom. The van der Waals surface area contributed by atoms with Crippen molar-refractivity contribution in [3.05, 3.63) is 52.6 Å². The molecule has 2 atom stereocenters. The van der Waals surface area contributed by atoms with Crippen molar-refractivity contribution in [3.8, 4) is 23.0 Å². The van der Waals surface area contributed by atoms with E-state index in [1.165, 1.54) is 16.7 Å². The first-order valence-corrected chi connectivity index (χ1v) is 9.92. The Bertz CT molecular complexity index is 860. The number of hydrogen-bond acceptors (Lipinski definition) is 4. The van der Waals surface area contributed by atoms with E-state index in [0.29, 0.717) is 5.92 Å². The van der Waals surface area contributed by atoms with E-state index in [4.69, 9.17) is 18.9 Å². The molecule has 0 radical (unpaired) electrons. The molecule has 0 spiro atoms. The fourth-order valence-corrected chi connectivity index (χ4v) is 4.69. The molecule has 144 valence electrons. The van der Waals surface area contributed by atoms with Gasteiger partial charge in [-0.1, -0.05) is 33.6 Å². The zero-order valence-electron chi connectivity index (χ0n) is 16.3. The average Bonchev–Trinajstić information content (AvgIpc) is 2.71. The predicted molar refractivity (Wildman–Crippen MR) is 112 cm³/mol. The van der Waals surface area contributed by atoms with Gasteiger partial charge in [-0.2, -0.15) is 0 Å². The third kappa shape index (κ3) is 3.53. The van der Waals surface area contributed by atoms with Gasteiger partial charge in [0.2, 0.25) is 0 Å². The van der Waals surface area contributed by atoms with E-state index in [9.17, 15) is 0 Å². The highest BCUT2D eigenvalue weighted by atomic mass is 79.9. The highest BCUT2D eigenvalue weighted by Crippen LogP contribution is 2.47. The number of halogens is 1. The fraction of sp³-hybridized carbons (Fsp3) is 0.364. The van der Waals surface area contributed by atoms with Crippen LogP contribution in [0.1, 0.15) is 29.5 Å². The van der Waals surface area contributed by atoms with Gasteiger partial charge >= 0.3 is 0 Å². The second-order valence-corrected chi connectivity index (χ2v) is 7.22. The summed E-state index contributed by atoms with van der Waals surface area (Å²) in [6.07, 6.45) is 2.24. The Balaban J connectivity index is 2.21. The normalized spacial score (nSPS) is 18.4. The molecule has 4 nitrogen and oxygen atoms in total. The lowest BCUT2D eigenvalue weighted by Crippen LogP contribution is -2.21. The maximum Gasteiger partial charge on any atom is 0.161 e. The minimum absolute atomic E-state index is 0.170. The lowest BCUT2D eigenvalue weighted by Gasteiger charge is -2.33. The molecular formula is C22H25BrO4. The SMILES string of the molecule is COc1ccc([C@@H]2c3cc(OC)c(OC)cc3C=C(C)[C@H]2CBr)cc1OC. The van der Waals surface area contributed by atoms with Gasteiger partial charge in [-0.15, -0.1) is 0 Å². The summed E-state index contributed by atoms with van der Waals surface area (Å²) in [6, 6.07) is 10.3. The van der Waals surface area contributed by atoms with Crippen LogP contribution in [-0.2, 0) is 0 Å². The fourth-order valence-electron chi connectivity index (χ4n) is 3.81.